The third-order valence-electron chi connectivity index (χ3n) is 3.75. The van der Waals surface area contributed by atoms with Gasteiger partial charge in [0.2, 0.25) is 5.91 Å². The van der Waals surface area contributed by atoms with Crippen molar-refractivity contribution in [1.29, 1.82) is 0 Å². The van der Waals surface area contributed by atoms with Crippen LogP contribution in [-0.4, -0.2) is 33.2 Å². The van der Waals surface area contributed by atoms with Crippen LogP contribution >= 0.6 is 23.4 Å². The first-order valence-corrected chi connectivity index (χ1v) is 9.39. The number of rotatable bonds is 9. The molecule has 0 fully saturated rings. The van der Waals surface area contributed by atoms with E-state index in [-0.39, 0.29) is 5.91 Å². The van der Waals surface area contributed by atoms with Crippen LogP contribution in [0.4, 0.5) is 0 Å². The number of halogens is 1. The highest BCUT2D eigenvalue weighted by atomic mass is 35.5. The highest BCUT2D eigenvalue weighted by Crippen LogP contribution is 2.20. The number of fused-ring (bicyclic) bond motifs is 1. The van der Waals surface area contributed by atoms with Crippen molar-refractivity contribution >= 4 is 40.4 Å². The number of carbonyl (C=O) groups is 1. The molecule has 23 heavy (non-hydrogen) atoms. The Morgan fingerprint density at radius 2 is 2.30 bits per heavy atom. The number of nitrogens with one attached hydrogen (secondary N) is 2. The summed E-state index contributed by atoms with van der Waals surface area (Å²) in [4.78, 5) is 23.6. The molecular formula is C16H23ClN4OS. The van der Waals surface area contributed by atoms with Crippen LogP contribution in [0.3, 0.4) is 0 Å². The molecule has 0 aromatic carbocycles. The van der Waals surface area contributed by atoms with Gasteiger partial charge >= 0.3 is 0 Å². The third kappa shape index (κ3) is 5.70. The molecule has 0 unspecified atom stereocenters. The molecule has 5 nitrogen and oxygen atoms in total. The van der Waals surface area contributed by atoms with Crippen LogP contribution in [0.25, 0.3) is 11.2 Å². The predicted molar refractivity (Wildman–Crippen MR) is 95.9 cm³/mol. The van der Waals surface area contributed by atoms with Gasteiger partial charge in [-0.15, -0.1) is 0 Å². The van der Waals surface area contributed by atoms with Crippen molar-refractivity contribution in [2.24, 2.45) is 5.92 Å². The number of imidazole rings is 1. The van der Waals surface area contributed by atoms with E-state index in [2.05, 4.69) is 34.1 Å². The summed E-state index contributed by atoms with van der Waals surface area (Å²) in [5, 5.41) is 4.26. The van der Waals surface area contributed by atoms with Gasteiger partial charge in [-0.05, 0) is 18.4 Å². The lowest BCUT2D eigenvalue weighted by Crippen LogP contribution is -2.30. The second-order valence-electron chi connectivity index (χ2n) is 5.58. The number of nitrogens with zero attached hydrogens (tertiary/aromatic N) is 2. The first-order valence-electron chi connectivity index (χ1n) is 8.03. The first-order chi connectivity index (χ1) is 11.1. The normalized spacial score (nSPS) is 12.5. The Labute approximate surface area is 146 Å². The second-order valence-corrected chi connectivity index (χ2v) is 6.98. The highest BCUT2D eigenvalue weighted by molar-refractivity contribution is 7.99. The fraction of sp³-hybridized carbons (Fsp3) is 0.562. The van der Waals surface area contributed by atoms with Gasteiger partial charge in [-0.2, -0.15) is 0 Å². The number of pyridine rings is 1. The molecule has 1 atom stereocenters. The van der Waals surface area contributed by atoms with E-state index in [1.165, 1.54) is 31.0 Å². The molecule has 2 rings (SSSR count). The van der Waals surface area contributed by atoms with E-state index in [0.29, 0.717) is 27.5 Å². The molecular weight excluding hydrogens is 332 g/mol. The molecule has 2 N–H and O–H groups in total. The van der Waals surface area contributed by atoms with Crippen molar-refractivity contribution in [2.75, 3.05) is 12.3 Å². The maximum absolute atomic E-state index is 12.0. The lowest BCUT2D eigenvalue weighted by Gasteiger charge is -2.14. The van der Waals surface area contributed by atoms with Crippen LogP contribution in [0.2, 0.25) is 5.02 Å². The number of aromatic amines is 1. The van der Waals surface area contributed by atoms with Crippen LogP contribution in [0, 0.1) is 5.92 Å². The summed E-state index contributed by atoms with van der Waals surface area (Å²) in [6.07, 6.45) is 6.26. The van der Waals surface area contributed by atoms with Crippen LogP contribution in [0.15, 0.2) is 17.4 Å². The number of H-pyrrole nitrogens is 1. The largest absolute Gasteiger partial charge is 0.355 e. The van der Waals surface area contributed by atoms with Gasteiger partial charge in [0.15, 0.2) is 10.8 Å². The van der Waals surface area contributed by atoms with Gasteiger partial charge in [0.05, 0.1) is 16.3 Å². The van der Waals surface area contributed by atoms with Crippen molar-refractivity contribution < 1.29 is 4.79 Å². The molecule has 126 valence electrons. The smallest absolute Gasteiger partial charge is 0.230 e. The van der Waals surface area contributed by atoms with Gasteiger partial charge in [0.1, 0.15) is 0 Å². The van der Waals surface area contributed by atoms with Crippen LogP contribution < -0.4 is 5.32 Å². The van der Waals surface area contributed by atoms with E-state index in [0.717, 1.165) is 18.5 Å². The van der Waals surface area contributed by atoms with Gasteiger partial charge in [-0.3, -0.25) is 4.79 Å². The zero-order chi connectivity index (χ0) is 16.7. The number of amides is 1. The lowest BCUT2D eigenvalue weighted by molar-refractivity contribution is -0.118. The van der Waals surface area contributed by atoms with Crippen LogP contribution in [-0.2, 0) is 4.79 Å². The number of aromatic nitrogens is 3. The average molecular weight is 355 g/mol. The maximum Gasteiger partial charge on any atom is 0.230 e. The van der Waals surface area contributed by atoms with Crippen LogP contribution in [0.5, 0.6) is 0 Å². The standard InChI is InChI=1S/C16H23ClN4OS/c1-3-5-6-11(4-2)8-18-14(22)10-23-16-20-13-7-12(17)9-19-15(13)21-16/h7,9,11H,3-6,8,10H2,1-2H3,(H,18,22)(H,19,20,21)/t11-/m1/s1. The van der Waals surface area contributed by atoms with Gasteiger partial charge in [0, 0.05) is 12.7 Å². The summed E-state index contributed by atoms with van der Waals surface area (Å²) in [5.41, 5.74) is 1.40. The Kier molecular flexibility index (Phi) is 7.17. The molecule has 0 saturated carbocycles. The summed E-state index contributed by atoms with van der Waals surface area (Å²) < 4.78 is 0. The number of carbonyl (C=O) groups excluding carboxylic acids is 1. The van der Waals surface area contributed by atoms with E-state index in [4.69, 9.17) is 11.6 Å². The molecule has 7 heteroatoms. The molecule has 0 aliphatic carbocycles. The van der Waals surface area contributed by atoms with Crippen molar-refractivity contribution in [2.45, 2.75) is 44.7 Å². The van der Waals surface area contributed by atoms with Gasteiger partial charge in [-0.25, -0.2) is 9.97 Å². The fourth-order valence-electron chi connectivity index (χ4n) is 2.31. The minimum Gasteiger partial charge on any atom is -0.355 e. The van der Waals surface area contributed by atoms with E-state index >= 15 is 0 Å². The zero-order valence-electron chi connectivity index (χ0n) is 13.6. The van der Waals surface area contributed by atoms with Crippen molar-refractivity contribution in [1.82, 2.24) is 20.3 Å². The topological polar surface area (TPSA) is 70.7 Å². The Bertz CT molecular complexity index is 646. The van der Waals surface area contributed by atoms with Crippen molar-refractivity contribution in [3.63, 3.8) is 0 Å². The summed E-state index contributed by atoms with van der Waals surface area (Å²) in [7, 11) is 0. The van der Waals surface area contributed by atoms with Gasteiger partial charge in [-0.1, -0.05) is 56.5 Å². The summed E-state index contributed by atoms with van der Waals surface area (Å²) >= 11 is 7.27. The molecule has 0 saturated heterocycles. The SMILES string of the molecule is CCCC[C@@H](CC)CNC(=O)CSc1nc2ncc(Cl)cc2[nH]1. The van der Waals surface area contributed by atoms with E-state index in [1.807, 2.05) is 0 Å². The molecule has 0 bridgehead atoms. The predicted octanol–water partition coefficient (Wildman–Crippen LogP) is 4.04. The van der Waals surface area contributed by atoms with E-state index < -0.39 is 0 Å². The van der Waals surface area contributed by atoms with Crippen LogP contribution in [0.1, 0.15) is 39.5 Å². The quantitative estimate of drug-likeness (QED) is 0.667. The van der Waals surface area contributed by atoms with E-state index in [1.54, 1.807) is 12.3 Å². The molecule has 2 aromatic rings. The van der Waals surface area contributed by atoms with Crippen molar-refractivity contribution in [3.05, 3.63) is 17.3 Å². The summed E-state index contributed by atoms with van der Waals surface area (Å²) in [6.45, 7) is 5.12. The molecule has 0 radical (unpaired) electrons. The number of hydrogen-bond donors (Lipinski definition) is 2. The maximum atomic E-state index is 12.0. The number of hydrogen-bond acceptors (Lipinski definition) is 4. The van der Waals surface area contributed by atoms with E-state index in [9.17, 15) is 4.79 Å². The molecule has 0 aliphatic heterocycles. The number of thioether (sulfide) groups is 1. The van der Waals surface area contributed by atoms with Crippen molar-refractivity contribution in [3.8, 4) is 0 Å². The number of unbranched alkanes of at least 4 members (excludes halogenated alkanes) is 1. The molecule has 0 spiro atoms. The second kappa shape index (κ2) is 9.13. The lowest BCUT2D eigenvalue weighted by atomic mass is 9.99. The monoisotopic (exact) mass is 354 g/mol. The van der Waals surface area contributed by atoms with Gasteiger partial charge in [0.25, 0.3) is 0 Å². The minimum atomic E-state index is 0.0383. The fourth-order valence-corrected chi connectivity index (χ4v) is 3.17. The Morgan fingerprint density at radius 3 is 3.04 bits per heavy atom. The molecule has 2 aromatic heterocycles. The zero-order valence-corrected chi connectivity index (χ0v) is 15.1. The highest BCUT2D eigenvalue weighted by Gasteiger charge is 2.10. The minimum absolute atomic E-state index is 0.0383. The Morgan fingerprint density at radius 1 is 1.48 bits per heavy atom. The Hall–Kier alpha value is -1.27. The molecule has 2 heterocycles. The third-order valence-corrected chi connectivity index (χ3v) is 4.83. The summed E-state index contributed by atoms with van der Waals surface area (Å²) in [6, 6.07) is 1.78. The summed E-state index contributed by atoms with van der Waals surface area (Å²) in [5.74, 6) is 0.954. The van der Waals surface area contributed by atoms with Gasteiger partial charge < -0.3 is 10.3 Å². The average Bonchev–Trinajstić information content (AvgIpc) is 2.95. The molecule has 0 aliphatic rings. The Balaban J connectivity index is 1.78. The first kappa shape index (κ1) is 18.1. The molecule has 1 amide bonds.